The van der Waals surface area contributed by atoms with E-state index in [-0.39, 0.29) is 0 Å². The van der Waals surface area contributed by atoms with Crippen molar-refractivity contribution < 1.29 is 4.74 Å². The predicted molar refractivity (Wildman–Crippen MR) is 84.2 cm³/mol. The third-order valence-corrected chi connectivity index (χ3v) is 4.26. The molecule has 0 N–H and O–H groups in total. The third-order valence-electron chi connectivity index (χ3n) is 3.47. The fourth-order valence-electron chi connectivity index (χ4n) is 2.39. The molecule has 1 aromatic rings. The van der Waals surface area contributed by atoms with Crippen LogP contribution in [-0.4, -0.2) is 31.1 Å². The van der Waals surface area contributed by atoms with Gasteiger partial charge in [-0.3, -0.25) is 0 Å². The first-order valence-electron chi connectivity index (χ1n) is 7.06. The molecule has 2 nitrogen and oxygen atoms in total. The Balaban J connectivity index is 1.61. The summed E-state index contributed by atoms with van der Waals surface area (Å²) in [7, 11) is 0. The molecule has 0 atom stereocenters. The lowest BCUT2D eigenvalue weighted by Gasteiger charge is -2.26. The van der Waals surface area contributed by atoms with Gasteiger partial charge in [-0.25, -0.2) is 0 Å². The maximum atomic E-state index is 6.10. The van der Waals surface area contributed by atoms with Crippen LogP contribution in [0.25, 0.3) is 0 Å². The summed E-state index contributed by atoms with van der Waals surface area (Å²) in [5, 5.41) is 0.672. The number of hydrogen-bond acceptors (Lipinski definition) is 2. The lowest BCUT2D eigenvalue weighted by molar-refractivity contribution is 0.216. The molecule has 19 heavy (non-hydrogen) atoms. The van der Waals surface area contributed by atoms with Gasteiger partial charge in [0.05, 0.1) is 11.6 Å². The standard InChI is InChI=1S/C15H21BrClNO/c16-13-6-7-15(14(17)12-13)19-11-5-4-10-18-8-2-1-3-9-18/h6-7,12H,1-5,8-11H2. The number of likely N-dealkylation sites (tertiary alicyclic amines) is 1. The number of nitrogens with zero attached hydrogens (tertiary/aromatic N) is 1. The molecule has 1 aliphatic rings. The van der Waals surface area contributed by atoms with Crippen molar-refractivity contribution >= 4 is 27.5 Å². The maximum absolute atomic E-state index is 6.10. The zero-order valence-electron chi connectivity index (χ0n) is 11.2. The first-order chi connectivity index (χ1) is 9.25. The summed E-state index contributed by atoms with van der Waals surface area (Å²) in [4.78, 5) is 2.57. The maximum Gasteiger partial charge on any atom is 0.137 e. The van der Waals surface area contributed by atoms with Gasteiger partial charge in [-0.05, 0) is 63.5 Å². The van der Waals surface area contributed by atoms with Crippen molar-refractivity contribution in [3.05, 3.63) is 27.7 Å². The Morgan fingerprint density at radius 1 is 1.16 bits per heavy atom. The van der Waals surface area contributed by atoms with Crippen molar-refractivity contribution in [2.75, 3.05) is 26.2 Å². The highest BCUT2D eigenvalue weighted by atomic mass is 79.9. The summed E-state index contributed by atoms with van der Waals surface area (Å²) in [6.07, 6.45) is 6.43. The molecule has 1 aromatic carbocycles. The SMILES string of the molecule is Clc1cc(Br)ccc1OCCCCN1CCCCC1. The molecule has 1 aliphatic heterocycles. The van der Waals surface area contributed by atoms with Crippen molar-refractivity contribution in [3.8, 4) is 5.75 Å². The Labute approximate surface area is 129 Å². The quantitative estimate of drug-likeness (QED) is 0.689. The Morgan fingerprint density at radius 3 is 2.68 bits per heavy atom. The third kappa shape index (κ3) is 5.33. The Bertz CT molecular complexity index is 394. The van der Waals surface area contributed by atoms with Gasteiger partial charge in [0, 0.05) is 4.47 Å². The van der Waals surface area contributed by atoms with E-state index in [1.807, 2.05) is 18.2 Å². The van der Waals surface area contributed by atoms with E-state index in [9.17, 15) is 0 Å². The molecule has 0 unspecified atom stereocenters. The molecular formula is C15H21BrClNO. The molecule has 0 spiro atoms. The highest BCUT2D eigenvalue weighted by Gasteiger charge is 2.09. The second kappa shape index (κ2) is 8.13. The molecule has 0 amide bonds. The van der Waals surface area contributed by atoms with Gasteiger partial charge in [0.1, 0.15) is 5.75 Å². The van der Waals surface area contributed by atoms with Gasteiger partial charge in [-0.1, -0.05) is 34.0 Å². The molecule has 1 heterocycles. The number of piperidine rings is 1. The summed E-state index contributed by atoms with van der Waals surface area (Å²) in [5.41, 5.74) is 0. The van der Waals surface area contributed by atoms with E-state index in [0.29, 0.717) is 5.02 Å². The van der Waals surface area contributed by atoms with Crippen molar-refractivity contribution in [2.45, 2.75) is 32.1 Å². The van der Waals surface area contributed by atoms with Crippen LogP contribution in [0.5, 0.6) is 5.75 Å². The van der Waals surface area contributed by atoms with Gasteiger partial charge in [0.2, 0.25) is 0 Å². The minimum absolute atomic E-state index is 0.672. The van der Waals surface area contributed by atoms with Crippen LogP contribution in [0.4, 0.5) is 0 Å². The zero-order chi connectivity index (χ0) is 13.5. The van der Waals surface area contributed by atoms with Gasteiger partial charge in [-0.2, -0.15) is 0 Å². The van der Waals surface area contributed by atoms with Crippen molar-refractivity contribution in [1.82, 2.24) is 4.90 Å². The summed E-state index contributed by atoms with van der Waals surface area (Å²) in [5.74, 6) is 0.780. The van der Waals surface area contributed by atoms with E-state index in [2.05, 4.69) is 20.8 Å². The number of ether oxygens (including phenoxy) is 1. The number of hydrogen-bond donors (Lipinski definition) is 0. The van der Waals surface area contributed by atoms with Crippen LogP contribution in [0.1, 0.15) is 32.1 Å². The molecular weight excluding hydrogens is 326 g/mol. The highest BCUT2D eigenvalue weighted by molar-refractivity contribution is 9.10. The minimum Gasteiger partial charge on any atom is -0.492 e. The average Bonchev–Trinajstić information content (AvgIpc) is 2.42. The van der Waals surface area contributed by atoms with Gasteiger partial charge >= 0.3 is 0 Å². The van der Waals surface area contributed by atoms with Crippen LogP contribution >= 0.6 is 27.5 Å². The molecule has 0 aliphatic carbocycles. The van der Waals surface area contributed by atoms with Crippen LogP contribution in [0.15, 0.2) is 22.7 Å². The fourth-order valence-corrected chi connectivity index (χ4v) is 3.12. The van der Waals surface area contributed by atoms with Gasteiger partial charge in [-0.15, -0.1) is 0 Å². The first-order valence-corrected chi connectivity index (χ1v) is 8.23. The normalized spacial score (nSPS) is 16.5. The minimum atomic E-state index is 0.672. The van der Waals surface area contributed by atoms with Crippen LogP contribution in [0.3, 0.4) is 0 Å². The molecule has 4 heteroatoms. The second-order valence-corrected chi connectivity index (χ2v) is 6.36. The van der Waals surface area contributed by atoms with Gasteiger partial charge in [0.25, 0.3) is 0 Å². The molecule has 1 saturated heterocycles. The average molecular weight is 347 g/mol. The smallest absolute Gasteiger partial charge is 0.137 e. The van der Waals surface area contributed by atoms with Crippen LogP contribution < -0.4 is 4.74 Å². The van der Waals surface area contributed by atoms with Gasteiger partial charge < -0.3 is 9.64 Å². The van der Waals surface area contributed by atoms with Crippen molar-refractivity contribution in [3.63, 3.8) is 0 Å². The Hall–Kier alpha value is -0.250. The number of halogens is 2. The van der Waals surface area contributed by atoms with Crippen molar-refractivity contribution in [2.24, 2.45) is 0 Å². The Kier molecular flexibility index (Phi) is 6.48. The summed E-state index contributed by atoms with van der Waals surface area (Å²) < 4.78 is 6.69. The topological polar surface area (TPSA) is 12.5 Å². The summed E-state index contributed by atoms with van der Waals surface area (Å²) in [6.45, 7) is 4.51. The number of unbranched alkanes of at least 4 members (excludes halogenated alkanes) is 1. The van der Waals surface area contributed by atoms with E-state index in [4.69, 9.17) is 16.3 Å². The van der Waals surface area contributed by atoms with E-state index in [0.717, 1.165) is 23.2 Å². The van der Waals surface area contributed by atoms with E-state index in [1.165, 1.54) is 45.3 Å². The molecule has 2 rings (SSSR count). The number of benzene rings is 1. The predicted octanol–water partition coefficient (Wildman–Crippen LogP) is 4.75. The molecule has 0 saturated carbocycles. The summed E-state index contributed by atoms with van der Waals surface area (Å²) >= 11 is 9.49. The fraction of sp³-hybridized carbons (Fsp3) is 0.600. The number of rotatable bonds is 6. The molecule has 1 fully saturated rings. The van der Waals surface area contributed by atoms with E-state index in [1.54, 1.807) is 0 Å². The Morgan fingerprint density at radius 2 is 1.95 bits per heavy atom. The lowest BCUT2D eigenvalue weighted by atomic mass is 10.1. The first kappa shape index (κ1) is 15.1. The van der Waals surface area contributed by atoms with E-state index < -0.39 is 0 Å². The second-order valence-electron chi connectivity index (χ2n) is 5.03. The zero-order valence-corrected chi connectivity index (χ0v) is 13.5. The largest absolute Gasteiger partial charge is 0.492 e. The molecule has 0 radical (unpaired) electrons. The van der Waals surface area contributed by atoms with Gasteiger partial charge in [0.15, 0.2) is 0 Å². The monoisotopic (exact) mass is 345 g/mol. The van der Waals surface area contributed by atoms with Crippen LogP contribution in [-0.2, 0) is 0 Å². The molecule has 0 aromatic heterocycles. The molecule has 0 bridgehead atoms. The highest BCUT2D eigenvalue weighted by Crippen LogP contribution is 2.27. The molecule has 106 valence electrons. The van der Waals surface area contributed by atoms with Crippen molar-refractivity contribution in [1.29, 1.82) is 0 Å². The van der Waals surface area contributed by atoms with E-state index >= 15 is 0 Å². The summed E-state index contributed by atoms with van der Waals surface area (Å²) in [6, 6.07) is 5.73. The van der Waals surface area contributed by atoms with Crippen LogP contribution in [0, 0.1) is 0 Å². The van der Waals surface area contributed by atoms with Crippen LogP contribution in [0.2, 0.25) is 5.02 Å². The lowest BCUT2D eigenvalue weighted by Crippen LogP contribution is -2.30.